The number of nitrogens with one attached hydrogen (secondary N) is 2. The van der Waals surface area contributed by atoms with Crippen LogP contribution in [0.1, 0.15) is 30.6 Å². The summed E-state index contributed by atoms with van der Waals surface area (Å²) >= 11 is 4.96. The lowest BCUT2D eigenvalue weighted by molar-refractivity contribution is -0.108. The highest BCUT2D eigenvalue weighted by Gasteiger charge is 2.59. The second-order valence-electron chi connectivity index (χ2n) is 6.74. The van der Waals surface area contributed by atoms with Gasteiger partial charge in [0.05, 0.1) is 11.6 Å². The maximum absolute atomic E-state index is 12.5. The molecule has 2 N–H and O–H groups in total. The number of ether oxygens (including phenoxy) is 1. The minimum atomic E-state index is -0.0763. The van der Waals surface area contributed by atoms with E-state index in [1.54, 1.807) is 12.1 Å². The minimum Gasteiger partial charge on any atom is -0.429 e. The van der Waals surface area contributed by atoms with Crippen molar-refractivity contribution in [2.75, 3.05) is 6.61 Å². The van der Waals surface area contributed by atoms with Gasteiger partial charge in [-0.15, -0.1) is 0 Å². The van der Waals surface area contributed by atoms with E-state index in [1.165, 1.54) is 0 Å². The van der Waals surface area contributed by atoms with E-state index in [1.807, 2.05) is 6.07 Å². The van der Waals surface area contributed by atoms with E-state index in [2.05, 4.69) is 24.1 Å². The van der Waals surface area contributed by atoms with E-state index in [-0.39, 0.29) is 23.5 Å². The van der Waals surface area contributed by atoms with Crippen molar-refractivity contribution >= 4 is 29.2 Å². The summed E-state index contributed by atoms with van der Waals surface area (Å²) in [6, 6.07) is 5.48. The molecule has 4 rings (SSSR count). The molecule has 116 valence electrons. The standard InChI is InChI=1S/C16H18N2O3S/c1-16(2)12(9-5-6-20-13(9)16)18-14(19)8-3-4-10-11(7-8)21-15(22)17-10/h3-4,7,9,12-13H,5-6H2,1-2H3,(H,17,22)(H,18,19)/t9-,12-,13-/m1/s1. The molecule has 1 aliphatic carbocycles. The number of aromatic nitrogens is 1. The van der Waals surface area contributed by atoms with Crippen LogP contribution in [0.25, 0.3) is 11.1 Å². The normalized spacial score (nSPS) is 29.1. The Balaban J connectivity index is 1.57. The number of carbonyl (C=O) groups excluding carboxylic acids is 1. The van der Waals surface area contributed by atoms with Gasteiger partial charge in [0, 0.05) is 29.5 Å². The lowest BCUT2D eigenvalue weighted by Crippen LogP contribution is -2.66. The van der Waals surface area contributed by atoms with Crippen molar-refractivity contribution in [3.8, 4) is 0 Å². The molecule has 0 bridgehead atoms. The van der Waals surface area contributed by atoms with Gasteiger partial charge in [-0.1, -0.05) is 13.8 Å². The van der Waals surface area contributed by atoms with Crippen LogP contribution in [-0.2, 0) is 4.74 Å². The summed E-state index contributed by atoms with van der Waals surface area (Å²) in [6.45, 7) is 5.10. The molecule has 22 heavy (non-hydrogen) atoms. The summed E-state index contributed by atoms with van der Waals surface area (Å²) in [7, 11) is 0. The monoisotopic (exact) mass is 318 g/mol. The first kappa shape index (κ1) is 14.0. The second kappa shape index (κ2) is 4.67. The number of H-pyrrole nitrogens is 1. The third kappa shape index (κ3) is 1.94. The van der Waals surface area contributed by atoms with E-state index in [0.717, 1.165) is 18.5 Å². The van der Waals surface area contributed by atoms with Crippen LogP contribution in [0.5, 0.6) is 0 Å². The van der Waals surface area contributed by atoms with Crippen molar-refractivity contribution in [2.45, 2.75) is 32.4 Å². The van der Waals surface area contributed by atoms with Gasteiger partial charge in [0.25, 0.3) is 10.7 Å². The summed E-state index contributed by atoms with van der Waals surface area (Å²) in [6.07, 6.45) is 1.28. The van der Waals surface area contributed by atoms with Crippen LogP contribution in [0.2, 0.25) is 0 Å². The molecule has 1 amide bonds. The SMILES string of the molecule is CC1(C)[C@H](NC(=O)c2ccc3[nH]c(=S)oc3c2)[C@H]2CCO[C@H]21. The average Bonchev–Trinajstić information content (AvgIpc) is 3.07. The lowest BCUT2D eigenvalue weighted by Gasteiger charge is -2.54. The topological polar surface area (TPSA) is 67.3 Å². The summed E-state index contributed by atoms with van der Waals surface area (Å²) in [5.41, 5.74) is 1.97. The molecule has 6 heteroatoms. The van der Waals surface area contributed by atoms with Crippen LogP contribution in [0.15, 0.2) is 22.6 Å². The summed E-state index contributed by atoms with van der Waals surface area (Å²) in [5.74, 6) is 0.353. The van der Waals surface area contributed by atoms with Crippen LogP contribution in [0.4, 0.5) is 0 Å². The zero-order valence-corrected chi connectivity index (χ0v) is 13.3. The first-order valence-electron chi connectivity index (χ1n) is 7.52. The Kier molecular flexibility index (Phi) is 2.96. The Labute approximate surface area is 133 Å². The molecule has 0 unspecified atom stereocenters. The van der Waals surface area contributed by atoms with Crippen LogP contribution in [0.3, 0.4) is 0 Å². The van der Waals surface area contributed by atoms with E-state index in [4.69, 9.17) is 21.4 Å². The lowest BCUT2D eigenvalue weighted by atomic mass is 9.57. The van der Waals surface area contributed by atoms with Gasteiger partial charge in [-0.2, -0.15) is 0 Å². The molecule has 1 aromatic carbocycles. The van der Waals surface area contributed by atoms with Gasteiger partial charge in [-0.3, -0.25) is 4.79 Å². The number of amides is 1. The van der Waals surface area contributed by atoms with Crippen molar-refractivity contribution in [3.05, 3.63) is 28.6 Å². The van der Waals surface area contributed by atoms with E-state index < -0.39 is 0 Å². The number of fused-ring (bicyclic) bond motifs is 2. The van der Waals surface area contributed by atoms with Crippen LogP contribution in [0, 0.1) is 16.2 Å². The molecule has 0 spiro atoms. The van der Waals surface area contributed by atoms with E-state index in [9.17, 15) is 4.79 Å². The Hall–Kier alpha value is -1.66. The number of benzene rings is 1. The van der Waals surface area contributed by atoms with Crippen molar-refractivity contribution in [1.82, 2.24) is 10.3 Å². The smallest absolute Gasteiger partial charge is 0.266 e. The van der Waals surface area contributed by atoms with Gasteiger partial charge in [0.15, 0.2) is 5.58 Å². The van der Waals surface area contributed by atoms with Gasteiger partial charge in [0.1, 0.15) is 0 Å². The molecule has 0 radical (unpaired) electrons. The maximum Gasteiger partial charge on any atom is 0.266 e. The molecule has 2 fully saturated rings. The molecule has 2 heterocycles. The fraction of sp³-hybridized carbons (Fsp3) is 0.500. The highest BCUT2D eigenvalue weighted by atomic mass is 32.1. The molecule has 1 aromatic heterocycles. The number of carbonyl (C=O) groups is 1. The van der Waals surface area contributed by atoms with Gasteiger partial charge < -0.3 is 19.5 Å². The minimum absolute atomic E-state index is 0.0207. The predicted octanol–water partition coefficient (Wildman–Crippen LogP) is 3.03. The van der Waals surface area contributed by atoms with Gasteiger partial charge >= 0.3 is 0 Å². The number of oxazole rings is 1. The largest absolute Gasteiger partial charge is 0.429 e. The van der Waals surface area contributed by atoms with Crippen LogP contribution >= 0.6 is 12.2 Å². The molecule has 5 nitrogen and oxygen atoms in total. The van der Waals surface area contributed by atoms with Gasteiger partial charge in [-0.05, 0) is 36.8 Å². The quantitative estimate of drug-likeness (QED) is 0.835. The molecule has 3 atom stereocenters. The van der Waals surface area contributed by atoms with Crippen molar-refractivity contribution in [2.24, 2.45) is 11.3 Å². The average molecular weight is 318 g/mol. The van der Waals surface area contributed by atoms with Crippen molar-refractivity contribution in [3.63, 3.8) is 0 Å². The second-order valence-corrected chi connectivity index (χ2v) is 7.11. The Morgan fingerprint density at radius 1 is 1.45 bits per heavy atom. The number of hydrogen-bond acceptors (Lipinski definition) is 4. The first-order valence-corrected chi connectivity index (χ1v) is 7.93. The van der Waals surface area contributed by atoms with Crippen molar-refractivity contribution < 1.29 is 13.9 Å². The third-order valence-corrected chi connectivity index (χ3v) is 5.26. The highest BCUT2D eigenvalue weighted by molar-refractivity contribution is 7.71. The summed E-state index contributed by atoms with van der Waals surface area (Å²) < 4.78 is 11.1. The number of hydrogen-bond donors (Lipinski definition) is 2. The van der Waals surface area contributed by atoms with Gasteiger partial charge in [0.2, 0.25) is 0 Å². The third-order valence-electron chi connectivity index (χ3n) is 5.07. The molecule has 1 aliphatic heterocycles. The zero-order valence-electron chi connectivity index (χ0n) is 12.5. The number of rotatable bonds is 2. The molecular formula is C16H18N2O3S. The Bertz CT molecular complexity index is 807. The van der Waals surface area contributed by atoms with Gasteiger partial charge in [-0.25, -0.2) is 0 Å². The predicted molar refractivity (Wildman–Crippen MR) is 84.3 cm³/mol. The molecule has 1 saturated carbocycles. The molecule has 1 saturated heterocycles. The molecule has 2 aromatic rings. The first-order chi connectivity index (χ1) is 10.5. The van der Waals surface area contributed by atoms with E-state index >= 15 is 0 Å². The fourth-order valence-corrected chi connectivity index (χ4v) is 4.13. The Morgan fingerprint density at radius 2 is 2.27 bits per heavy atom. The Morgan fingerprint density at radius 3 is 3.09 bits per heavy atom. The zero-order chi connectivity index (χ0) is 15.5. The van der Waals surface area contributed by atoms with Crippen molar-refractivity contribution in [1.29, 1.82) is 0 Å². The number of aromatic amines is 1. The highest BCUT2D eigenvalue weighted by Crippen LogP contribution is 2.52. The fourth-order valence-electron chi connectivity index (χ4n) is 3.93. The molecule has 2 aliphatic rings. The van der Waals surface area contributed by atoms with E-state index in [0.29, 0.717) is 21.9 Å². The van der Waals surface area contributed by atoms with Crippen LogP contribution < -0.4 is 5.32 Å². The molecular weight excluding hydrogens is 300 g/mol. The summed E-state index contributed by atoms with van der Waals surface area (Å²) in [4.78, 5) is 15.8. The summed E-state index contributed by atoms with van der Waals surface area (Å²) in [5, 5.41) is 3.17. The maximum atomic E-state index is 12.5. The van der Waals surface area contributed by atoms with Crippen LogP contribution in [-0.4, -0.2) is 29.6 Å².